The van der Waals surface area contributed by atoms with Gasteiger partial charge in [-0.25, -0.2) is 0 Å². The average molecular weight is 251 g/mol. The highest BCUT2D eigenvalue weighted by Gasteiger charge is 2.31. The van der Waals surface area contributed by atoms with E-state index in [1.165, 1.54) is 38.9 Å². The molecule has 5 atom stereocenters. The first-order chi connectivity index (χ1) is 8.69. The third-order valence-corrected chi connectivity index (χ3v) is 4.79. The van der Waals surface area contributed by atoms with Crippen molar-refractivity contribution in [3.8, 4) is 0 Å². The predicted octanol–water partition coefficient (Wildman–Crippen LogP) is 0.320. The van der Waals surface area contributed by atoms with Gasteiger partial charge in [0, 0.05) is 32.1 Å². The molecule has 4 nitrogen and oxygen atoms in total. The molecule has 102 valence electrons. The van der Waals surface area contributed by atoms with Crippen LogP contribution in [0.5, 0.6) is 0 Å². The SMILES string of the molecule is NC1CC2CCN(C1)C2.O=C1CC2CCN(C1)C2. The second-order valence-electron chi connectivity index (χ2n) is 6.54. The minimum atomic E-state index is 0.448. The van der Waals surface area contributed by atoms with Crippen molar-refractivity contribution in [3.63, 3.8) is 0 Å². The molecule has 0 aliphatic carbocycles. The number of fused-ring (bicyclic) bond motifs is 4. The number of rotatable bonds is 0. The van der Waals surface area contributed by atoms with Gasteiger partial charge in [-0.15, -0.1) is 0 Å². The molecule has 4 bridgehead atoms. The smallest absolute Gasteiger partial charge is 0.147 e. The van der Waals surface area contributed by atoms with Crippen molar-refractivity contribution in [2.75, 3.05) is 39.3 Å². The normalized spacial score (nSPS) is 45.6. The van der Waals surface area contributed by atoms with Gasteiger partial charge in [-0.1, -0.05) is 0 Å². The number of carbonyl (C=O) groups is 1. The number of ketones is 1. The zero-order valence-electron chi connectivity index (χ0n) is 11.2. The number of hydrogen-bond donors (Lipinski definition) is 1. The van der Waals surface area contributed by atoms with E-state index in [1.807, 2.05) is 0 Å². The lowest BCUT2D eigenvalue weighted by atomic mass is 9.98. The number of carbonyl (C=O) groups excluding carboxylic acids is 1. The van der Waals surface area contributed by atoms with Crippen molar-refractivity contribution in [2.45, 2.75) is 31.7 Å². The fraction of sp³-hybridized carbons (Fsp3) is 0.929. The number of Topliss-reactive ketones (excluding diaryl/α,β-unsaturated/α-hetero) is 1. The maximum Gasteiger partial charge on any atom is 0.147 e. The fourth-order valence-corrected chi connectivity index (χ4v) is 3.96. The fourth-order valence-electron chi connectivity index (χ4n) is 3.96. The maximum atomic E-state index is 10.9. The van der Waals surface area contributed by atoms with Gasteiger partial charge in [0.1, 0.15) is 5.78 Å². The summed E-state index contributed by atoms with van der Waals surface area (Å²) in [6.45, 7) is 6.86. The van der Waals surface area contributed by atoms with Gasteiger partial charge in [-0.3, -0.25) is 9.69 Å². The molecule has 4 aliphatic rings. The van der Waals surface area contributed by atoms with Gasteiger partial charge in [-0.05, 0) is 44.2 Å². The van der Waals surface area contributed by atoms with E-state index in [9.17, 15) is 4.79 Å². The molecular weight excluding hydrogens is 226 g/mol. The summed E-state index contributed by atoms with van der Waals surface area (Å²) in [6.07, 6.45) is 4.78. The Labute approximate surface area is 109 Å². The van der Waals surface area contributed by atoms with Crippen molar-refractivity contribution in [1.29, 1.82) is 0 Å². The lowest BCUT2D eigenvalue weighted by molar-refractivity contribution is -0.122. The Morgan fingerprint density at radius 2 is 1.72 bits per heavy atom. The third-order valence-electron chi connectivity index (χ3n) is 4.79. The largest absolute Gasteiger partial charge is 0.327 e. The Hall–Kier alpha value is -0.450. The van der Waals surface area contributed by atoms with Gasteiger partial charge in [0.05, 0.1) is 6.54 Å². The quantitative estimate of drug-likeness (QED) is 0.674. The van der Waals surface area contributed by atoms with E-state index in [2.05, 4.69) is 9.80 Å². The van der Waals surface area contributed by atoms with E-state index in [4.69, 9.17) is 5.73 Å². The van der Waals surface area contributed by atoms with Gasteiger partial charge in [0.2, 0.25) is 0 Å². The zero-order valence-corrected chi connectivity index (χ0v) is 11.2. The van der Waals surface area contributed by atoms with Crippen molar-refractivity contribution in [1.82, 2.24) is 9.80 Å². The summed E-state index contributed by atoms with van der Waals surface area (Å²) in [6, 6.07) is 0.478. The number of piperidine rings is 2. The Kier molecular flexibility index (Phi) is 3.68. The number of nitrogens with zero attached hydrogens (tertiary/aromatic N) is 2. The molecule has 18 heavy (non-hydrogen) atoms. The minimum Gasteiger partial charge on any atom is -0.327 e. The molecule has 0 saturated carbocycles. The Balaban J connectivity index is 0.000000111. The highest BCUT2D eigenvalue weighted by atomic mass is 16.1. The molecule has 5 unspecified atom stereocenters. The summed E-state index contributed by atoms with van der Waals surface area (Å²) >= 11 is 0. The summed E-state index contributed by atoms with van der Waals surface area (Å²) in [7, 11) is 0. The number of hydrogen-bond acceptors (Lipinski definition) is 4. The average Bonchev–Trinajstić information content (AvgIpc) is 2.83. The maximum absolute atomic E-state index is 10.9. The van der Waals surface area contributed by atoms with Crippen LogP contribution in [0.2, 0.25) is 0 Å². The molecule has 4 heterocycles. The van der Waals surface area contributed by atoms with E-state index in [-0.39, 0.29) is 0 Å². The van der Waals surface area contributed by atoms with Crippen molar-refractivity contribution in [2.24, 2.45) is 17.6 Å². The van der Waals surface area contributed by atoms with Crippen LogP contribution in [0.4, 0.5) is 0 Å². The molecule has 4 rings (SSSR count). The molecule has 4 saturated heterocycles. The Morgan fingerprint density at radius 3 is 2.50 bits per heavy atom. The summed E-state index contributed by atoms with van der Waals surface area (Å²) in [4.78, 5) is 15.6. The van der Waals surface area contributed by atoms with Crippen LogP contribution in [0.3, 0.4) is 0 Å². The van der Waals surface area contributed by atoms with Gasteiger partial charge in [0.15, 0.2) is 0 Å². The van der Waals surface area contributed by atoms with Gasteiger partial charge in [0.25, 0.3) is 0 Å². The van der Waals surface area contributed by atoms with Crippen molar-refractivity contribution in [3.05, 3.63) is 0 Å². The van der Waals surface area contributed by atoms with E-state index in [1.54, 1.807) is 0 Å². The highest BCUT2D eigenvalue weighted by molar-refractivity contribution is 5.81. The van der Waals surface area contributed by atoms with Crippen LogP contribution in [-0.2, 0) is 4.79 Å². The van der Waals surface area contributed by atoms with E-state index in [0.717, 1.165) is 32.0 Å². The van der Waals surface area contributed by atoms with E-state index in [0.29, 0.717) is 17.7 Å². The standard InChI is InChI=1S/C7H14N2.C7H11NO/c8-7-3-6-1-2-9(4-6)5-7;9-7-3-6-1-2-8(4-6)5-7/h6-7H,1-5,8H2;6H,1-5H2. The first kappa shape index (κ1) is 12.6. The first-order valence-electron chi connectivity index (χ1n) is 7.41. The van der Waals surface area contributed by atoms with Gasteiger partial charge in [-0.2, -0.15) is 0 Å². The lowest BCUT2D eigenvalue weighted by Crippen LogP contribution is -2.41. The molecule has 4 aliphatic heterocycles. The molecule has 4 heteroatoms. The van der Waals surface area contributed by atoms with Crippen LogP contribution < -0.4 is 5.73 Å². The molecule has 0 aromatic carbocycles. The summed E-state index contributed by atoms with van der Waals surface area (Å²) in [5.41, 5.74) is 5.81. The topological polar surface area (TPSA) is 49.6 Å². The van der Waals surface area contributed by atoms with Crippen LogP contribution in [0.1, 0.15) is 25.7 Å². The van der Waals surface area contributed by atoms with Crippen LogP contribution in [-0.4, -0.2) is 60.9 Å². The molecule has 0 spiro atoms. The molecule has 0 aromatic heterocycles. The minimum absolute atomic E-state index is 0.448. The van der Waals surface area contributed by atoms with E-state index < -0.39 is 0 Å². The van der Waals surface area contributed by atoms with Crippen molar-refractivity contribution >= 4 is 5.78 Å². The van der Waals surface area contributed by atoms with E-state index >= 15 is 0 Å². The second-order valence-corrected chi connectivity index (χ2v) is 6.54. The monoisotopic (exact) mass is 251 g/mol. The number of nitrogens with two attached hydrogens (primary N) is 1. The summed E-state index contributed by atoms with van der Waals surface area (Å²) < 4.78 is 0. The third kappa shape index (κ3) is 2.92. The lowest BCUT2D eigenvalue weighted by Gasteiger charge is -2.26. The first-order valence-corrected chi connectivity index (χ1v) is 7.41. The summed E-state index contributed by atoms with van der Waals surface area (Å²) in [5, 5.41) is 0. The Morgan fingerprint density at radius 1 is 1.00 bits per heavy atom. The predicted molar refractivity (Wildman–Crippen MR) is 71.3 cm³/mol. The Bertz CT molecular complexity index is 294. The van der Waals surface area contributed by atoms with Crippen LogP contribution in [0.15, 0.2) is 0 Å². The molecule has 0 radical (unpaired) electrons. The van der Waals surface area contributed by atoms with Gasteiger partial charge < -0.3 is 10.6 Å². The molecule has 4 fully saturated rings. The molecule has 0 amide bonds. The summed E-state index contributed by atoms with van der Waals surface area (Å²) in [5.74, 6) is 2.10. The van der Waals surface area contributed by atoms with Crippen LogP contribution in [0, 0.1) is 11.8 Å². The second kappa shape index (κ2) is 5.27. The van der Waals surface area contributed by atoms with Crippen LogP contribution in [0.25, 0.3) is 0 Å². The van der Waals surface area contributed by atoms with Crippen LogP contribution >= 0.6 is 0 Å². The molecule has 0 aromatic rings. The highest BCUT2D eigenvalue weighted by Crippen LogP contribution is 2.25. The zero-order chi connectivity index (χ0) is 12.5. The van der Waals surface area contributed by atoms with Crippen molar-refractivity contribution < 1.29 is 4.79 Å². The molecule has 2 N–H and O–H groups in total. The van der Waals surface area contributed by atoms with Gasteiger partial charge >= 0.3 is 0 Å². The molecular formula is C14H25N3O.